The zero-order chi connectivity index (χ0) is 17.0. The number of benzene rings is 2. The summed E-state index contributed by atoms with van der Waals surface area (Å²) < 4.78 is 4.82. The Morgan fingerprint density at radius 1 is 1.13 bits per heavy atom. The molecular weight excluding hydrogens is 365 g/mol. The number of hydrogen-bond donors (Lipinski definition) is 2. The molecule has 5 nitrogen and oxygen atoms in total. The maximum Gasteiger partial charge on any atom is 0.342 e. The van der Waals surface area contributed by atoms with Crippen LogP contribution in [0.4, 0.5) is 5.69 Å². The summed E-state index contributed by atoms with van der Waals surface area (Å²) in [5, 5.41) is 12.8. The van der Waals surface area contributed by atoms with E-state index >= 15 is 0 Å². The summed E-state index contributed by atoms with van der Waals surface area (Å²) >= 11 is 17.5. The summed E-state index contributed by atoms with van der Waals surface area (Å²) in [6, 6.07) is 8.65. The Labute approximate surface area is 146 Å². The Morgan fingerprint density at radius 3 is 2.61 bits per heavy atom. The molecule has 0 aromatic heterocycles. The summed E-state index contributed by atoms with van der Waals surface area (Å²) in [5.41, 5.74) is 0.164. The van der Waals surface area contributed by atoms with Gasteiger partial charge in [0.2, 0.25) is 0 Å². The Bertz CT molecular complexity index is 764. The normalized spacial score (nSPS) is 10.2. The summed E-state index contributed by atoms with van der Waals surface area (Å²) in [5.74, 6) is -1.78. The zero-order valence-corrected chi connectivity index (χ0v) is 13.7. The molecular formula is C15H10Cl3NO4. The molecule has 0 unspecified atom stereocenters. The highest BCUT2D eigenvalue weighted by Gasteiger charge is 2.16. The van der Waals surface area contributed by atoms with Crippen LogP contribution >= 0.6 is 34.8 Å². The minimum atomic E-state index is -0.877. The summed E-state index contributed by atoms with van der Waals surface area (Å²) in [4.78, 5) is 23.6. The number of anilines is 1. The van der Waals surface area contributed by atoms with Crippen molar-refractivity contribution in [3.63, 3.8) is 0 Å². The second-order valence-corrected chi connectivity index (χ2v) is 5.61. The molecule has 0 saturated heterocycles. The van der Waals surface area contributed by atoms with Crippen molar-refractivity contribution in [3.8, 4) is 5.75 Å². The molecule has 0 atom stereocenters. The molecule has 120 valence electrons. The summed E-state index contributed by atoms with van der Waals surface area (Å²) in [6.45, 7) is -0.562. The minimum absolute atomic E-state index is 0.133. The second kappa shape index (κ2) is 7.55. The van der Waals surface area contributed by atoms with Crippen LogP contribution in [-0.4, -0.2) is 23.6 Å². The van der Waals surface area contributed by atoms with Crippen molar-refractivity contribution in [1.29, 1.82) is 0 Å². The SMILES string of the molecule is O=C(COC(=O)c1cc(Cl)ccc1O)Nc1cccc(Cl)c1Cl. The van der Waals surface area contributed by atoms with Gasteiger partial charge in [-0.2, -0.15) is 0 Å². The largest absolute Gasteiger partial charge is 0.507 e. The van der Waals surface area contributed by atoms with Crippen molar-refractivity contribution in [2.24, 2.45) is 0 Å². The van der Waals surface area contributed by atoms with Crippen LogP contribution in [-0.2, 0) is 9.53 Å². The highest BCUT2D eigenvalue weighted by atomic mass is 35.5. The van der Waals surface area contributed by atoms with Crippen LogP contribution in [0.25, 0.3) is 0 Å². The van der Waals surface area contributed by atoms with Crippen LogP contribution in [0, 0.1) is 0 Å². The number of hydrogen-bond acceptors (Lipinski definition) is 4. The molecule has 0 aliphatic carbocycles. The molecule has 2 aromatic rings. The van der Waals surface area contributed by atoms with Gasteiger partial charge < -0.3 is 15.2 Å². The van der Waals surface area contributed by atoms with Gasteiger partial charge in [0.25, 0.3) is 5.91 Å². The van der Waals surface area contributed by atoms with E-state index in [1.54, 1.807) is 18.2 Å². The number of ether oxygens (including phenoxy) is 1. The lowest BCUT2D eigenvalue weighted by atomic mass is 10.2. The fourth-order valence-corrected chi connectivity index (χ4v) is 2.19. The van der Waals surface area contributed by atoms with Gasteiger partial charge in [-0.25, -0.2) is 4.79 Å². The third-order valence-electron chi connectivity index (χ3n) is 2.74. The van der Waals surface area contributed by atoms with E-state index in [0.29, 0.717) is 5.69 Å². The maximum atomic E-state index is 11.8. The highest BCUT2D eigenvalue weighted by molar-refractivity contribution is 6.44. The number of nitrogens with one attached hydrogen (secondary N) is 1. The molecule has 0 aliphatic heterocycles. The molecule has 2 rings (SSSR count). The molecule has 2 aromatic carbocycles. The molecule has 23 heavy (non-hydrogen) atoms. The van der Waals surface area contributed by atoms with Crippen molar-refractivity contribution in [3.05, 3.63) is 57.0 Å². The van der Waals surface area contributed by atoms with Gasteiger partial charge in [-0.1, -0.05) is 40.9 Å². The molecule has 0 heterocycles. The number of halogens is 3. The van der Waals surface area contributed by atoms with Crippen LogP contribution in [0.15, 0.2) is 36.4 Å². The second-order valence-electron chi connectivity index (χ2n) is 4.39. The van der Waals surface area contributed by atoms with Crippen LogP contribution < -0.4 is 5.32 Å². The van der Waals surface area contributed by atoms with Crippen molar-refractivity contribution in [2.45, 2.75) is 0 Å². The maximum absolute atomic E-state index is 11.8. The first-order valence-corrected chi connectivity index (χ1v) is 7.41. The van der Waals surface area contributed by atoms with Crippen molar-refractivity contribution < 1.29 is 19.4 Å². The van der Waals surface area contributed by atoms with E-state index in [1.165, 1.54) is 18.2 Å². The molecule has 1 amide bonds. The van der Waals surface area contributed by atoms with Crippen molar-refractivity contribution in [2.75, 3.05) is 11.9 Å². The van der Waals surface area contributed by atoms with Crippen LogP contribution in [0.5, 0.6) is 5.75 Å². The average molecular weight is 375 g/mol. The van der Waals surface area contributed by atoms with Gasteiger partial charge in [-0.15, -0.1) is 0 Å². The van der Waals surface area contributed by atoms with Crippen LogP contribution in [0.1, 0.15) is 10.4 Å². The Balaban J connectivity index is 1.98. The number of phenolic OH excluding ortho intramolecular Hbond substituents is 1. The van der Waals surface area contributed by atoms with E-state index in [1.807, 2.05) is 0 Å². The van der Waals surface area contributed by atoms with E-state index < -0.39 is 18.5 Å². The van der Waals surface area contributed by atoms with Gasteiger partial charge in [0.15, 0.2) is 6.61 Å². The van der Waals surface area contributed by atoms with Gasteiger partial charge in [0.1, 0.15) is 11.3 Å². The zero-order valence-electron chi connectivity index (χ0n) is 11.5. The predicted molar refractivity (Wildman–Crippen MR) is 88.5 cm³/mol. The molecule has 0 aliphatic rings. The monoisotopic (exact) mass is 373 g/mol. The first-order valence-electron chi connectivity index (χ1n) is 6.28. The average Bonchev–Trinajstić information content (AvgIpc) is 2.52. The van der Waals surface area contributed by atoms with Gasteiger partial charge in [0, 0.05) is 5.02 Å². The lowest BCUT2D eigenvalue weighted by Crippen LogP contribution is -2.21. The predicted octanol–water partition coefficient (Wildman–Crippen LogP) is 4.15. The molecule has 2 N–H and O–H groups in total. The highest BCUT2D eigenvalue weighted by Crippen LogP contribution is 2.29. The smallest absolute Gasteiger partial charge is 0.342 e. The van der Waals surface area contributed by atoms with Gasteiger partial charge >= 0.3 is 5.97 Å². The van der Waals surface area contributed by atoms with Crippen LogP contribution in [0.2, 0.25) is 15.1 Å². The molecule has 0 spiro atoms. The van der Waals surface area contributed by atoms with Gasteiger partial charge in [0.05, 0.1) is 15.7 Å². The number of rotatable bonds is 4. The third-order valence-corrected chi connectivity index (χ3v) is 3.79. The topological polar surface area (TPSA) is 75.6 Å². The number of aromatic hydroxyl groups is 1. The lowest BCUT2D eigenvalue weighted by molar-refractivity contribution is -0.119. The molecule has 0 saturated carbocycles. The number of carbonyl (C=O) groups excluding carboxylic acids is 2. The molecule has 0 radical (unpaired) electrons. The number of phenols is 1. The fourth-order valence-electron chi connectivity index (χ4n) is 1.67. The van der Waals surface area contributed by atoms with E-state index in [4.69, 9.17) is 39.5 Å². The Kier molecular flexibility index (Phi) is 5.71. The Hall–Kier alpha value is -1.95. The fraction of sp³-hybridized carbons (Fsp3) is 0.0667. The first-order chi connectivity index (χ1) is 10.9. The molecule has 0 fully saturated rings. The molecule has 0 bridgehead atoms. The van der Waals surface area contributed by atoms with Gasteiger partial charge in [-0.05, 0) is 30.3 Å². The lowest BCUT2D eigenvalue weighted by Gasteiger charge is -2.09. The van der Waals surface area contributed by atoms with E-state index in [9.17, 15) is 14.7 Å². The minimum Gasteiger partial charge on any atom is -0.507 e. The van der Waals surface area contributed by atoms with E-state index in [0.717, 1.165) is 0 Å². The Morgan fingerprint density at radius 2 is 1.87 bits per heavy atom. The van der Waals surface area contributed by atoms with Crippen LogP contribution in [0.3, 0.4) is 0 Å². The van der Waals surface area contributed by atoms with E-state index in [-0.39, 0.29) is 26.4 Å². The quantitative estimate of drug-likeness (QED) is 0.788. The summed E-state index contributed by atoms with van der Waals surface area (Å²) in [7, 11) is 0. The van der Waals surface area contributed by atoms with Crippen molar-refractivity contribution >= 4 is 52.4 Å². The number of esters is 1. The van der Waals surface area contributed by atoms with Crippen molar-refractivity contribution in [1.82, 2.24) is 0 Å². The third kappa shape index (κ3) is 4.51. The van der Waals surface area contributed by atoms with E-state index in [2.05, 4.69) is 5.32 Å². The van der Waals surface area contributed by atoms with Gasteiger partial charge in [-0.3, -0.25) is 4.79 Å². The standard InChI is InChI=1S/C15H10Cl3NO4/c16-8-4-5-12(20)9(6-8)15(22)23-7-13(21)19-11-3-1-2-10(17)14(11)18/h1-6,20H,7H2,(H,19,21). The first kappa shape index (κ1) is 17.4. The number of carbonyl (C=O) groups is 2. The summed E-state index contributed by atoms with van der Waals surface area (Å²) in [6.07, 6.45) is 0. The molecule has 8 heteroatoms. The number of amides is 1.